The molecule has 0 saturated carbocycles. The summed E-state index contributed by atoms with van der Waals surface area (Å²) in [4.78, 5) is 2.20. The molecule has 0 radical (unpaired) electrons. The minimum absolute atomic E-state index is 0.0921. The number of likely N-dealkylation sites (N-methyl/N-ethyl adjacent to an activating group) is 1. The minimum Gasteiger partial charge on any atom is -0.329 e. The fourth-order valence-electron chi connectivity index (χ4n) is 2.43. The second kappa shape index (κ2) is 6.64. The third-order valence-corrected chi connectivity index (χ3v) is 3.60. The first-order valence-corrected chi connectivity index (χ1v) is 6.82. The minimum atomic E-state index is -0.171. The molecule has 0 aliphatic carbocycles. The highest BCUT2D eigenvalue weighted by atomic mass is 19.1. The number of benzene rings is 2. The molecule has 0 aromatic heterocycles. The number of aryl methyl sites for hydroxylation is 1. The number of halogens is 1. The fraction of sp³-hybridized carbons (Fsp3) is 0.294. The molecule has 0 amide bonds. The van der Waals surface area contributed by atoms with Gasteiger partial charge in [-0.1, -0.05) is 42.5 Å². The Morgan fingerprint density at radius 2 is 1.85 bits per heavy atom. The molecule has 0 aliphatic heterocycles. The van der Waals surface area contributed by atoms with Gasteiger partial charge in [0.2, 0.25) is 0 Å². The maximum absolute atomic E-state index is 13.4. The zero-order chi connectivity index (χ0) is 14.5. The van der Waals surface area contributed by atoms with Crippen LogP contribution < -0.4 is 5.73 Å². The molecule has 2 aromatic rings. The maximum atomic E-state index is 13.4. The lowest BCUT2D eigenvalue weighted by Gasteiger charge is -2.27. The molecule has 0 bridgehead atoms. The molecule has 106 valence electrons. The Hall–Kier alpha value is -1.71. The number of rotatable bonds is 5. The van der Waals surface area contributed by atoms with Crippen molar-refractivity contribution >= 4 is 0 Å². The molecule has 0 fully saturated rings. The summed E-state index contributed by atoms with van der Waals surface area (Å²) < 4.78 is 13.4. The van der Waals surface area contributed by atoms with Crippen molar-refractivity contribution in [3.63, 3.8) is 0 Å². The van der Waals surface area contributed by atoms with Gasteiger partial charge in [0.05, 0.1) is 0 Å². The van der Waals surface area contributed by atoms with E-state index in [2.05, 4.69) is 17.0 Å². The van der Waals surface area contributed by atoms with Crippen molar-refractivity contribution < 1.29 is 4.39 Å². The van der Waals surface area contributed by atoms with E-state index in [1.54, 1.807) is 6.92 Å². The highest BCUT2D eigenvalue weighted by Gasteiger charge is 2.16. The normalized spacial score (nSPS) is 12.7. The molecule has 2 nitrogen and oxygen atoms in total. The van der Waals surface area contributed by atoms with Crippen LogP contribution >= 0.6 is 0 Å². The second-order valence-electron chi connectivity index (χ2n) is 5.16. The molecule has 1 unspecified atom stereocenters. The Balaban J connectivity index is 2.16. The van der Waals surface area contributed by atoms with E-state index < -0.39 is 0 Å². The molecule has 0 saturated heterocycles. The lowest BCUT2D eigenvalue weighted by Crippen LogP contribution is -2.30. The Kier molecular flexibility index (Phi) is 4.88. The molecule has 0 aliphatic rings. The summed E-state index contributed by atoms with van der Waals surface area (Å²) in [5.41, 5.74) is 8.88. The number of hydrogen-bond acceptors (Lipinski definition) is 2. The van der Waals surface area contributed by atoms with Gasteiger partial charge in [0.1, 0.15) is 5.82 Å². The molecule has 2 rings (SSSR count). The highest BCUT2D eigenvalue weighted by molar-refractivity contribution is 5.27. The predicted molar refractivity (Wildman–Crippen MR) is 80.8 cm³/mol. The first kappa shape index (κ1) is 14.7. The van der Waals surface area contributed by atoms with Crippen molar-refractivity contribution in [2.45, 2.75) is 19.5 Å². The van der Waals surface area contributed by atoms with Gasteiger partial charge in [-0.15, -0.1) is 0 Å². The Bertz CT molecular complexity index is 554. The summed E-state index contributed by atoms with van der Waals surface area (Å²) in [6, 6.07) is 15.6. The topological polar surface area (TPSA) is 29.3 Å². The summed E-state index contributed by atoms with van der Waals surface area (Å²) in [5, 5.41) is 0. The SMILES string of the molecule is Cc1cc(C(CN)N(C)Cc2ccccc2)ccc1F. The maximum Gasteiger partial charge on any atom is 0.126 e. The third-order valence-electron chi connectivity index (χ3n) is 3.60. The van der Waals surface area contributed by atoms with Gasteiger partial charge >= 0.3 is 0 Å². The van der Waals surface area contributed by atoms with Gasteiger partial charge < -0.3 is 5.73 Å². The molecule has 3 heteroatoms. The zero-order valence-electron chi connectivity index (χ0n) is 12.0. The number of nitrogens with two attached hydrogens (primary N) is 1. The van der Waals surface area contributed by atoms with E-state index in [-0.39, 0.29) is 11.9 Å². The van der Waals surface area contributed by atoms with Crippen molar-refractivity contribution in [1.29, 1.82) is 0 Å². The van der Waals surface area contributed by atoms with Crippen LogP contribution in [0.3, 0.4) is 0 Å². The van der Waals surface area contributed by atoms with Gasteiger partial charge in [0, 0.05) is 19.1 Å². The van der Waals surface area contributed by atoms with Crippen LogP contribution in [-0.2, 0) is 6.54 Å². The molecule has 0 heterocycles. The van der Waals surface area contributed by atoms with E-state index in [0.29, 0.717) is 12.1 Å². The van der Waals surface area contributed by atoms with Gasteiger partial charge in [0.25, 0.3) is 0 Å². The first-order valence-electron chi connectivity index (χ1n) is 6.82. The van der Waals surface area contributed by atoms with Crippen molar-refractivity contribution in [3.8, 4) is 0 Å². The van der Waals surface area contributed by atoms with Crippen LogP contribution in [0, 0.1) is 12.7 Å². The largest absolute Gasteiger partial charge is 0.329 e. The molecule has 20 heavy (non-hydrogen) atoms. The molecule has 1 atom stereocenters. The summed E-state index contributed by atoms with van der Waals surface area (Å²) in [6.07, 6.45) is 0. The summed E-state index contributed by atoms with van der Waals surface area (Å²) in [6.45, 7) is 3.11. The average Bonchev–Trinajstić information content (AvgIpc) is 2.44. The summed E-state index contributed by atoms with van der Waals surface area (Å²) in [7, 11) is 2.04. The van der Waals surface area contributed by atoms with E-state index in [1.807, 2.05) is 37.4 Å². The summed E-state index contributed by atoms with van der Waals surface area (Å²) in [5.74, 6) is -0.171. The zero-order valence-corrected chi connectivity index (χ0v) is 12.0. The Labute approximate surface area is 120 Å². The molecular formula is C17H21FN2. The molecule has 2 N–H and O–H groups in total. The monoisotopic (exact) mass is 272 g/mol. The van der Waals surface area contributed by atoms with Crippen molar-refractivity contribution in [3.05, 3.63) is 71.0 Å². The van der Waals surface area contributed by atoms with Crippen molar-refractivity contribution in [1.82, 2.24) is 4.90 Å². The van der Waals surface area contributed by atoms with Crippen LogP contribution in [0.2, 0.25) is 0 Å². The summed E-state index contributed by atoms with van der Waals surface area (Å²) >= 11 is 0. The first-order chi connectivity index (χ1) is 9.61. The lowest BCUT2D eigenvalue weighted by atomic mass is 10.0. The van der Waals surface area contributed by atoms with Gasteiger partial charge in [-0.25, -0.2) is 4.39 Å². The Morgan fingerprint density at radius 1 is 1.15 bits per heavy atom. The molecule has 0 spiro atoms. The van der Waals surface area contributed by atoms with E-state index in [0.717, 1.165) is 12.1 Å². The predicted octanol–water partition coefficient (Wildman–Crippen LogP) is 3.27. The standard InChI is InChI=1S/C17H21FN2/c1-13-10-15(8-9-16(13)18)17(11-19)20(2)12-14-6-4-3-5-7-14/h3-10,17H,11-12,19H2,1-2H3. The number of nitrogens with zero attached hydrogens (tertiary/aromatic N) is 1. The molecule has 2 aromatic carbocycles. The quantitative estimate of drug-likeness (QED) is 0.905. The molecular weight excluding hydrogens is 251 g/mol. The van der Waals surface area contributed by atoms with E-state index in [9.17, 15) is 4.39 Å². The van der Waals surface area contributed by atoms with Crippen LogP contribution in [0.15, 0.2) is 48.5 Å². The van der Waals surface area contributed by atoms with Gasteiger partial charge in [-0.3, -0.25) is 4.90 Å². The van der Waals surface area contributed by atoms with Crippen LogP contribution in [-0.4, -0.2) is 18.5 Å². The Morgan fingerprint density at radius 3 is 2.45 bits per heavy atom. The second-order valence-corrected chi connectivity index (χ2v) is 5.16. The average molecular weight is 272 g/mol. The smallest absolute Gasteiger partial charge is 0.126 e. The van der Waals surface area contributed by atoms with Crippen molar-refractivity contribution in [2.24, 2.45) is 5.73 Å². The van der Waals surface area contributed by atoms with E-state index in [4.69, 9.17) is 5.73 Å². The van der Waals surface area contributed by atoms with E-state index >= 15 is 0 Å². The van der Waals surface area contributed by atoms with Crippen molar-refractivity contribution in [2.75, 3.05) is 13.6 Å². The third kappa shape index (κ3) is 3.44. The fourth-order valence-corrected chi connectivity index (χ4v) is 2.43. The number of hydrogen-bond donors (Lipinski definition) is 1. The van der Waals surface area contributed by atoms with E-state index in [1.165, 1.54) is 11.6 Å². The van der Waals surface area contributed by atoms with Gasteiger partial charge in [0.15, 0.2) is 0 Å². The van der Waals surface area contributed by atoms with Crippen LogP contribution in [0.25, 0.3) is 0 Å². The van der Waals surface area contributed by atoms with Crippen LogP contribution in [0.5, 0.6) is 0 Å². The van der Waals surface area contributed by atoms with Crippen LogP contribution in [0.4, 0.5) is 4.39 Å². The highest BCUT2D eigenvalue weighted by Crippen LogP contribution is 2.22. The van der Waals surface area contributed by atoms with Gasteiger partial charge in [-0.05, 0) is 36.7 Å². The van der Waals surface area contributed by atoms with Gasteiger partial charge in [-0.2, -0.15) is 0 Å². The lowest BCUT2D eigenvalue weighted by molar-refractivity contribution is 0.241. The van der Waals surface area contributed by atoms with Crippen LogP contribution in [0.1, 0.15) is 22.7 Å².